The van der Waals surface area contributed by atoms with E-state index in [-0.39, 0.29) is 17.8 Å². The van der Waals surface area contributed by atoms with E-state index in [9.17, 15) is 4.79 Å². The molecule has 1 saturated heterocycles. The van der Waals surface area contributed by atoms with Crippen LogP contribution in [0.25, 0.3) is 0 Å². The van der Waals surface area contributed by atoms with Gasteiger partial charge < -0.3 is 15.2 Å². The Labute approximate surface area is 148 Å². The van der Waals surface area contributed by atoms with Crippen LogP contribution in [-0.4, -0.2) is 30.7 Å². The summed E-state index contributed by atoms with van der Waals surface area (Å²) in [6, 6.07) is 5.70. The summed E-state index contributed by atoms with van der Waals surface area (Å²) in [7, 11) is 0. The number of fused-ring (bicyclic) bond motifs is 2. The van der Waals surface area contributed by atoms with E-state index < -0.39 is 11.1 Å². The van der Waals surface area contributed by atoms with Gasteiger partial charge in [0.25, 0.3) is 5.91 Å². The van der Waals surface area contributed by atoms with Gasteiger partial charge in [-0.25, -0.2) is 4.99 Å². The number of benzene rings is 1. The third-order valence-electron chi connectivity index (χ3n) is 5.29. The number of ether oxygens (including phenoxy) is 2. The molecule has 3 aliphatic heterocycles. The first kappa shape index (κ1) is 15.9. The molecule has 6 nitrogen and oxygen atoms in total. The lowest BCUT2D eigenvalue weighted by Crippen LogP contribution is -2.55. The Morgan fingerprint density at radius 1 is 1.46 bits per heavy atom. The van der Waals surface area contributed by atoms with E-state index in [1.54, 1.807) is 0 Å². The molecular weight excluding hydrogens is 374 g/mol. The number of hydrogen-bond donors (Lipinski definition) is 2. The molecule has 24 heavy (non-hydrogen) atoms. The van der Waals surface area contributed by atoms with Crippen molar-refractivity contribution < 1.29 is 14.3 Å². The van der Waals surface area contributed by atoms with E-state index in [4.69, 9.17) is 15.2 Å². The van der Waals surface area contributed by atoms with Crippen molar-refractivity contribution in [1.29, 1.82) is 0 Å². The van der Waals surface area contributed by atoms with Crippen molar-refractivity contribution in [3.63, 3.8) is 0 Å². The first-order valence-corrected chi connectivity index (χ1v) is 8.96. The van der Waals surface area contributed by atoms with Gasteiger partial charge in [-0.3, -0.25) is 10.1 Å². The molecule has 1 amide bonds. The molecule has 3 aliphatic rings. The SMILES string of the molecule is C[C@]1(C2CCCOC2)CC2(N=C(N)NC2=O)c2cc(Br)ccc2O1. The van der Waals surface area contributed by atoms with E-state index in [0.717, 1.165) is 29.5 Å². The Balaban J connectivity index is 1.84. The van der Waals surface area contributed by atoms with Crippen LogP contribution in [0, 0.1) is 5.92 Å². The van der Waals surface area contributed by atoms with Gasteiger partial charge in [-0.2, -0.15) is 0 Å². The zero-order chi connectivity index (χ0) is 16.9. The normalized spacial score (nSPS) is 35.2. The average Bonchev–Trinajstić information content (AvgIpc) is 2.83. The number of guanidine groups is 1. The highest BCUT2D eigenvalue weighted by Crippen LogP contribution is 2.51. The van der Waals surface area contributed by atoms with Crippen LogP contribution in [0.2, 0.25) is 0 Å². The van der Waals surface area contributed by atoms with E-state index in [2.05, 4.69) is 33.2 Å². The molecule has 0 bridgehead atoms. The quantitative estimate of drug-likeness (QED) is 0.764. The second-order valence-corrected chi connectivity index (χ2v) is 7.87. The van der Waals surface area contributed by atoms with Gasteiger partial charge in [0, 0.05) is 29.0 Å². The Kier molecular flexibility index (Phi) is 3.61. The predicted molar refractivity (Wildman–Crippen MR) is 92.8 cm³/mol. The van der Waals surface area contributed by atoms with Crippen molar-refractivity contribution in [2.45, 2.75) is 37.3 Å². The van der Waals surface area contributed by atoms with Crippen LogP contribution < -0.4 is 15.8 Å². The number of nitrogens with two attached hydrogens (primary N) is 1. The number of hydrogen-bond acceptors (Lipinski definition) is 5. The number of amides is 1. The maximum Gasteiger partial charge on any atom is 0.259 e. The Hall–Kier alpha value is -1.60. The molecule has 1 aromatic carbocycles. The fraction of sp³-hybridized carbons (Fsp3) is 0.529. The Morgan fingerprint density at radius 3 is 2.96 bits per heavy atom. The highest BCUT2D eigenvalue weighted by Gasteiger charge is 2.57. The van der Waals surface area contributed by atoms with Crippen molar-refractivity contribution in [1.82, 2.24) is 5.32 Å². The maximum atomic E-state index is 12.8. The molecule has 7 heteroatoms. The predicted octanol–water partition coefficient (Wildman–Crippen LogP) is 2.06. The van der Waals surface area contributed by atoms with Crippen molar-refractivity contribution in [3.05, 3.63) is 28.2 Å². The molecule has 0 saturated carbocycles. The van der Waals surface area contributed by atoms with Gasteiger partial charge in [0.2, 0.25) is 0 Å². The van der Waals surface area contributed by atoms with Gasteiger partial charge in [-0.15, -0.1) is 0 Å². The molecule has 1 aromatic rings. The van der Waals surface area contributed by atoms with Gasteiger partial charge in [-0.1, -0.05) is 15.9 Å². The highest BCUT2D eigenvalue weighted by molar-refractivity contribution is 9.10. The van der Waals surface area contributed by atoms with Crippen LogP contribution in [-0.2, 0) is 15.1 Å². The number of nitrogens with zero attached hydrogens (tertiary/aromatic N) is 1. The second-order valence-electron chi connectivity index (χ2n) is 6.96. The van der Waals surface area contributed by atoms with Crippen LogP contribution in [0.4, 0.5) is 0 Å². The van der Waals surface area contributed by atoms with Crippen LogP contribution in [0.5, 0.6) is 5.75 Å². The van der Waals surface area contributed by atoms with E-state index >= 15 is 0 Å². The minimum atomic E-state index is -1.03. The summed E-state index contributed by atoms with van der Waals surface area (Å²) in [4.78, 5) is 17.3. The average molecular weight is 394 g/mol. The van der Waals surface area contributed by atoms with Gasteiger partial charge in [-0.05, 0) is 38.0 Å². The van der Waals surface area contributed by atoms with Crippen molar-refractivity contribution >= 4 is 27.8 Å². The maximum absolute atomic E-state index is 12.8. The molecule has 0 aliphatic carbocycles. The van der Waals surface area contributed by atoms with Crippen molar-refractivity contribution in [2.24, 2.45) is 16.6 Å². The number of carbonyl (C=O) groups is 1. The number of halogens is 1. The smallest absolute Gasteiger partial charge is 0.259 e. The molecule has 3 atom stereocenters. The van der Waals surface area contributed by atoms with Gasteiger partial charge in [0.1, 0.15) is 11.4 Å². The third-order valence-corrected chi connectivity index (χ3v) is 5.78. The summed E-state index contributed by atoms with van der Waals surface area (Å²) in [5, 5.41) is 2.67. The largest absolute Gasteiger partial charge is 0.487 e. The topological polar surface area (TPSA) is 85.9 Å². The molecule has 1 fully saturated rings. The summed E-state index contributed by atoms with van der Waals surface area (Å²) in [6.45, 7) is 3.47. The summed E-state index contributed by atoms with van der Waals surface area (Å²) >= 11 is 3.47. The minimum absolute atomic E-state index is 0.162. The van der Waals surface area contributed by atoms with Crippen molar-refractivity contribution in [3.8, 4) is 5.75 Å². The van der Waals surface area contributed by atoms with Crippen LogP contribution in [0.3, 0.4) is 0 Å². The molecule has 128 valence electrons. The lowest BCUT2D eigenvalue weighted by atomic mass is 9.71. The van der Waals surface area contributed by atoms with Crippen LogP contribution in [0.15, 0.2) is 27.7 Å². The number of nitrogens with one attached hydrogen (secondary N) is 1. The first-order valence-electron chi connectivity index (χ1n) is 8.16. The number of aliphatic imine (C=N–C) groups is 1. The second kappa shape index (κ2) is 5.46. The molecule has 2 unspecified atom stereocenters. The van der Waals surface area contributed by atoms with E-state index in [1.165, 1.54) is 0 Å². The molecule has 3 heterocycles. The minimum Gasteiger partial charge on any atom is -0.487 e. The number of carbonyl (C=O) groups excluding carboxylic acids is 1. The highest BCUT2D eigenvalue weighted by atomic mass is 79.9. The van der Waals surface area contributed by atoms with Gasteiger partial charge >= 0.3 is 0 Å². The Morgan fingerprint density at radius 2 is 2.29 bits per heavy atom. The lowest BCUT2D eigenvalue weighted by Gasteiger charge is -2.47. The lowest BCUT2D eigenvalue weighted by molar-refractivity contribution is -0.131. The third kappa shape index (κ3) is 2.33. The molecule has 1 spiro atoms. The number of rotatable bonds is 1. The summed E-state index contributed by atoms with van der Waals surface area (Å²) in [6.07, 6.45) is 2.46. The van der Waals surface area contributed by atoms with Crippen molar-refractivity contribution in [2.75, 3.05) is 13.2 Å². The molecule has 3 N–H and O–H groups in total. The summed E-state index contributed by atoms with van der Waals surface area (Å²) in [5.41, 5.74) is 5.02. The first-order chi connectivity index (χ1) is 11.4. The standard InChI is InChI=1S/C17H20BrN3O3/c1-16(10-3-2-6-23-8-10)9-17(14(22)20-15(19)21-17)12-7-11(18)4-5-13(12)24-16/h4-5,7,10H,2-3,6,8-9H2,1H3,(H3,19,20,21,22)/t10?,16-,17?/m1/s1. The fourth-order valence-electron chi connectivity index (χ4n) is 4.06. The molecular formula is C17H20BrN3O3. The zero-order valence-corrected chi connectivity index (χ0v) is 15.1. The van der Waals surface area contributed by atoms with Gasteiger partial charge in [0.05, 0.1) is 6.61 Å². The monoisotopic (exact) mass is 393 g/mol. The van der Waals surface area contributed by atoms with Crippen LogP contribution in [0.1, 0.15) is 31.7 Å². The van der Waals surface area contributed by atoms with E-state index in [0.29, 0.717) is 18.8 Å². The molecule has 0 aromatic heterocycles. The van der Waals surface area contributed by atoms with Gasteiger partial charge in [0.15, 0.2) is 11.5 Å². The fourth-order valence-corrected chi connectivity index (χ4v) is 4.42. The van der Waals surface area contributed by atoms with E-state index in [1.807, 2.05) is 18.2 Å². The summed E-state index contributed by atoms with van der Waals surface area (Å²) < 4.78 is 12.9. The summed E-state index contributed by atoms with van der Waals surface area (Å²) in [5.74, 6) is 0.872. The zero-order valence-electron chi connectivity index (χ0n) is 13.5. The Bertz CT molecular complexity index is 732. The molecule has 0 radical (unpaired) electrons. The molecule has 4 rings (SSSR count). The van der Waals surface area contributed by atoms with Crippen LogP contribution >= 0.6 is 15.9 Å².